The molecule has 20 heavy (non-hydrogen) atoms. The maximum absolute atomic E-state index is 6.27. The second-order valence-corrected chi connectivity index (χ2v) is 5.26. The Morgan fingerprint density at radius 2 is 2.00 bits per heavy atom. The van der Waals surface area contributed by atoms with Crippen LogP contribution in [0.25, 0.3) is 0 Å². The SMILES string of the molecule is CCC(CC)N(CCOC)C(c1ccccn1)C(C)N. The van der Waals surface area contributed by atoms with Gasteiger partial charge >= 0.3 is 0 Å². The minimum Gasteiger partial charge on any atom is -0.383 e. The zero-order valence-corrected chi connectivity index (χ0v) is 13.2. The van der Waals surface area contributed by atoms with Crippen LogP contribution < -0.4 is 5.73 Å². The molecule has 2 atom stereocenters. The van der Waals surface area contributed by atoms with Gasteiger partial charge in [-0.3, -0.25) is 9.88 Å². The van der Waals surface area contributed by atoms with Crippen LogP contribution in [-0.4, -0.2) is 42.2 Å². The molecular weight excluding hydrogens is 250 g/mol. The molecule has 0 aliphatic rings. The molecule has 0 aliphatic heterocycles. The normalized spacial score (nSPS) is 14.8. The highest BCUT2D eigenvalue weighted by Crippen LogP contribution is 2.26. The summed E-state index contributed by atoms with van der Waals surface area (Å²) in [5.74, 6) is 0. The van der Waals surface area contributed by atoms with Gasteiger partial charge in [0.1, 0.15) is 0 Å². The fourth-order valence-electron chi connectivity index (χ4n) is 2.80. The first-order chi connectivity index (χ1) is 9.65. The molecule has 0 radical (unpaired) electrons. The van der Waals surface area contributed by atoms with E-state index in [0.717, 1.165) is 25.1 Å². The summed E-state index contributed by atoms with van der Waals surface area (Å²) in [7, 11) is 1.74. The van der Waals surface area contributed by atoms with Crippen LogP contribution in [0, 0.1) is 0 Å². The molecule has 4 nitrogen and oxygen atoms in total. The van der Waals surface area contributed by atoms with Crippen molar-refractivity contribution in [1.82, 2.24) is 9.88 Å². The Hall–Kier alpha value is -0.970. The van der Waals surface area contributed by atoms with E-state index in [2.05, 4.69) is 36.7 Å². The number of ether oxygens (including phenoxy) is 1. The summed E-state index contributed by atoms with van der Waals surface area (Å²) in [6, 6.07) is 6.70. The molecule has 0 amide bonds. The van der Waals surface area contributed by atoms with Crippen molar-refractivity contribution < 1.29 is 4.74 Å². The number of methoxy groups -OCH3 is 1. The number of nitrogens with zero attached hydrogens (tertiary/aromatic N) is 2. The van der Waals surface area contributed by atoms with Crippen LogP contribution >= 0.6 is 0 Å². The van der Waals surface area contributed by atoms with E-state index in [0.29, 0.717) is 12.6 Å². The molecule has 114 valence electrons. The molecule has 0 fully saturated rings. The van der Waals surface area contributed by atoms with Gasteiger partial charge in [0.15, 0.2) is 0 Å². The molecule has 1 aromatic rings. The molecule has 0 spiro atoms. The van der Waals surface area contributed by atoms with Gasteiger partial charge in [-0.15, -0.1) is 0 Å². The van der Waals surface area contributed by atoms with Crippen molar-refractivity contribution in [3.8, 4) is 0 Å². The topological polar surface area (TPSA) is 51.4 Å². The van der Waals surface area contributed by atoms with Crippen LogP contribution in [0.3, 0.4) is 0 Å². The van der Waals surface area contributed by atoms with E-state index in [1.165, 1.54) is 0 Å². The van der Waals surface area contributed by atoms with Crippen LogP contribution in [0.4, 0.5) is 0 Å². The number of rotatable bonds is 9. The molecule has 2 N–H and O–H groups in total. The quantitative estimate of drug-likeness (QED) is 0.755. The molecular formula is C16H29N3O. The monoisotopic (exact) mass is 279 g/mol. The van der Waals surface area contributed by atoms with Crippen LogP contribution in [0.15, 0.2) is 24.4 Å². The number of pyridine rings is 1. The van der Waals surface area contributed by atoms with E-state index < -0.39 is 0 Å². The maximum Gasteiger partial charge on any atom is 0.0674 e. The number of hydrogen-bond donors (Lipinski definition) is 1. The van der Waals surface area contributed by atoms with E-state index in [9.17, 15) is 0 Å². The lowest BCUT2D eigenvalue weighted by Gasteiger charge is -2.39. The molecule has 0 aromatic carbocycles. The third kappa shape index (κ3) is 4.54. The average molecular weight is 279 g/mol. The lowest BCUT2D eigenvalue weighted by Crippen LogP contribution is -2.46. The van der Waals surface area contributed by atoms with Crippen LogP contribution in [-0.2, 0) is 4.74 Å². The zero-order chi connectivity index (χ0) is 15.0. The van der Waals surface area contributed by atoms with E-state index in [-0.39, 0.29) is 12.1 Å². The van der Waals surface area contributed by atoms with Gasteiger partial charge in [-0.2, -0.15) is 0 Å². The summed E-state index contributed by atoms with van der Waals surface area (Å²) < 4.78 is 5.27. The summed E-state index contributed by atoms with van der Waals surface area (Å²) >= 11 is 0. The lowest BCUT2D eigenvalue weighted by molar-refractivity contribution is 0.0685. The smallest absolute Gasteiger partial charge is 0.0674 e. The summed E-state index contributed by atoms with van der Waals surface area (Å²) in [6.07, 6.45) is 4.05. The van der Waals surface area contributed by atoms with E-state index in [1.54, 1.807) is 7.11 Å². The van der Waals surface area contributed by atoms with Gasteiger partial charge < -0.3 is 10.5 Å². The number of hydrogen-bond acceptors (Lipinski definition) is 4. The van der Waals surface area contributed by atoms with Crippen molar-refractivity contribution in [2.45, 2.75) is 51.7 Å². The van der Waals surface area contributed by atoms with Crippen molar-refractivity contribution in [3.05, 3.63) is 30.1 Å². The number of nitrogens with two attached hydrogens (primary N) is 1. The molecule has 0 saturated heterocycles. The first-order valence-corrected chi connectivity index (χ1v) is 7.56. The molecule has 1 aromatic heterocycles. The highest BCUT2D eigenvalue weighted by molar-refractivity contribution is 5.11. The Labute approximate surface area is 123 Å². The van der Waals surface area contributed by atoms with Gasteiger partial charge in [0, 0.05) is 31.9 Å². The van der Waals surface area contributed by atoms with Crippen molar-refractivity contribution in [3.63, 3.8) is 0 Å². The first kappa shape index (κ1) is 17.1. The van der Waals surface area contributed by atoms with Crippen molar-refractivity contribution in [1.29, 1.82) is 0 Å². The maximum atomic E-state index is 6.27. The van der Waals surface area contributed by atoms with Crippen LogP contribution in [0.2, 0.25) is 0 Å². The molecule has 1 heterocycles. The van der Waals surface area contributed by atoms with Crippen molar-refractivity contribution in [2.24, 2.45) is 5.73 Å². The van der Waals surface area contributed by atoms with Crippen molar-refractivity contribution >= 4 is 0 Å². The molecule has 2 unspecified atom stereocenters. The van der Waals surface area contributed by atoms with Gasteiger partial charge in [-0.25, -0.2) is 0 Å². The van der Waals surface area contributed by atoms with Crippen LogP contribution in [0.1, 0.15) is 45.3 Å². The Morgan fingerprint density at radius 3 is 2.45 bits per heavy atom. The number of aromatic nitrogens is 1. The van der Waals surface area contributed by atoms with Crippen LogP contribution in [0.5, 0.6) is 0 Å². The second-order valence-electron chi connectivity index (χ2n) is 5.26. The van der Waals surface area contributed by atoms with Gasteiger partial charge in [0.05, 0.1) is 18.3 Å². The molecule has 0 bridgehead atoms. The Balaban J connectivity index is 3.04. The minimum absolute atomic E-state index is 0.0300. The van der Waals surface area contributed by atoms with Gasteiger partial charge in [0.25, 0.3) is 0 Å². The third-order valence-electron chi connectivity index (χ3n) is 3.81. The van der Waals surface area contributed by atoms with Gasteiger partial charge in [-0.1, -0.05) is 19.9 Å². The summed E-state index contributed by atoms with van der Waals surface area (Å²) in [4.78, 5) is 6.97. The largest absolute Gasteiger partial charge is 0.383 e. The molecule has 0 aliphatic carbocycles. The second kappa shape index (κ2) is 9.06. The summed E-state index contributed by atoms with van der Waals surface area (Å²) in [5.41, 5.74) is 7.31. The van der Waals surface area contributed by atoms with E-state index >= 15 is 0 Å². The molecule has 4 heteroatoms. The zero-order valence-electron chi connectivity index (χ0n) is 13.2. The fraction of sp³-hybridized carbons (Fsp3) is 0.688. The Kier molecular flexibility index (Phi) is 7.73. The average Bonchev–Trinajstić information content (AvgIpc) is 2.46. The Bertz CT molecular complexity index is 352. The highest BCUT2D eigenvalue weighted by atomic mass is 16.5. The third-order valence-corrected chi connectivity index (χ3v) is 3.81. The highest BCUT2D eigenvalue weighted by Gasteiger charge is 2.29. The Morgan fingerprint density at radius 1 is 1.30 bits per heavy atom. The predicted octanol–water partition coefficient (Wildman–Crippen LogP) is 2.61. The summed E-state index contributed by atoms with van der Waals surface area (Å²) in [6.45, 7) is 8.11. The molecule has 0 saturated carbocycles. The predicted molar refractivity (Wildman–Crippen MR) is 83.6 cm³/mol. The van der Waals surface area contributed by atoms with Crippen molar-refractivity contribution in [2.75, 3.05) is 20.3 Å². The van der Waals surface area contributed by atoms with E-state index in [1.807, 2.05) is 18.3 Å². The van der Waals surface area contributed by atoms with Gasteiger partial charge in [0.2, 0.25) is 0 Å². The standard InChI is InChI=1S/C16H29N3O/c1-5-14(6-2)19(11-12-20-4)16(13(3)17)15-9-7-8-10-18-15/h7-10,13-14,16H,5-6,11-12,17H2,1-4H3. The summed E-state index contributed by atoms with van der Waals surface area (Å²) in [5, 5.41) is 0. The fourth-order valence-corrected chi connectivity index (χ4v) is 2.80. The first-order valence-electron chi connectivity index (χ1n) is 7.56. The minimum atomic E-state index is 0.0300. The lowest BCUT2D eigenvalue weighted by atomic mass is 9.99. The molecule has 1 rings (SSSR count). The van der Waals surface area contributed by atoms with E-state index in [4.69, 9.17) is 10.5 Å². The van der Waals surface area contributed by atoms with Gasteiger partial charge in [-0.05, 0) is 31.9 Å².